The minimum Gasteiger partial charge on any atom is -0.312 e. The zero-order valence-corrected chi connectivity index (χ0v) is 8.25. The van der Waals surface area contributed by atoms with Gasteiger partial charge in [0.15, 0.2) is 0 Å². The summed E-state index contributed by atoms with van der Waals surface area (Å²) in [6.07, 6.45) is 2.47. The summed E-state index contributed by atoms with van der Waals surface area (Å²) in [7, 11) is 0. The Morgan fingerprint density at radius 2 is 2.00 bits per heavy atom. The molecule has 11 heavy (non-hydrogen) atoms. The molecule has 0 spiro atoms. The molecule has 1 N–H and O–H groups in total. The van der Waals surface area contributed by atoms with Gasteiger partial charge in [0, 0.05) is 11.6 Å². The molecule has 0 aliphatic heterocycles. The quantitative estimate of drug-likeness (QED) is 0.655. The number of nitrogens with one attached hydrogen (secondary N) is 1. The molecule has 0 rings (SSSR count). The first-order valence-electron chi connectivity index (χ1n) is 4.24. The average Bonchev–Trinajstić information content (AvgIpc) is 1.98. The van der Waals surface area contributed by atoms with Crippen LogP contribution in [0.5, 0.6) is 0 Å². The molecule has 0 aromatic carbocycles. The molecular weight excluding hydrogens is 158 g/mol. The highest BCUT2D eigenvalue weighted by atomic mass is 35.5. The molecule has 0 aromatic rings. The largest absolute Gasteiger partial charge is 0.312 e. The first kappa shape index (κ1) is 11.0. The molecule has 0 atom stereocenters. The van der Waals surface area contributed by atoms with E-state index >= 15 is 0 Å². The molecule has 2 heteroatoms. The Balaban J connectivity index is 3.28. The molecule has 0 fully saturated rings. The van der Waals surface area contributed by atoms with Gasteiger partial charge in [-0.05, 0) is 12.5 Å². The Labute approximate surface area is 74.8 Å². The number of hydrogen-bond donors (Lipinski definition) is 1. The van der Waals surface area contributed by atoms with E-state index in [9.17, 15) is 0 Å². The molecule has 0 aliphatic rings. The zero-order valence-electron chi connectivity index (χ0n) is 7.49. The van der Waals surface area contributed by atoms with Gasteiger partial charge in [-0.2, -0.15) is 0 Å². The summed E-state index contributed by atoms with van der Waals surface area (Å²) < 4.78 is 0. The molecule has 0 unspecified atom stereocenters. The Morgan fingerprint density at radius 3 is 2.36 bits per heavy atom. The van der Waals surface area contributed by atoms with Gasteiger partial charge in [-0.1, -0.05) is 44.9 Å². The van der Waals surface area contributed by atoms with Crippen molar-refractivity contribution in [2.45, 2.75) is 26.7 Å². The summed E-state index contributed by atoms with van der Waals surface area (Å²) in [6, 6.07) is 0. The van der Waals surface area contributed by atoms with E-state index in [1.807, 2.05) is 0 Å². The van der Waals surface area contributed by atoms with Gasteiger partial charge in [-0.25, -0.2) is 0 Å². The van der Waals surface area contributed by atoms with Crippen LogP contribution in [0.2, 0.25) is 0 Å². The smallest absolute Gasteiger partial charge is 0.0307 e. The molecule has 0 saturated heterocycles. The normalized spacial score (nSPS) is 10.5. The highest BCUT2D eigenvalue weighted by molar-refractivity contribution is 6.29. The molecule has 66 valence electrons. The molecule has 0 saturated carbocycles. The van der Waals surface area contributed by atoms with E-state index in [0.717, 1.165) is 19.0 Å². The lowest BCUT2D eigenvalue weighted by Gasteiger charge is -2.12. The summed E-state index contributed by atoms with van der Waals surface area (Å²) in [5.74, 6) is 0.783. The van der Waals surface area contributed by atoms with E-state index in [4.69, 9.17) is 11.6 Å². The monoisotopic (exact) mass is 175 g/mol. The lowest BCUT2D eigenvalue weighted by Crippen LogP contribution is -2.23. The van der Waals surface area contributed by atoms with Crippen molar-refractivity contribution in [3.05, 3.63) is 11.6 Å². The molecule has 0 aliphatic carbocycles. The fourth-order valence-corrected chi connectivity index (χ4v) is 1.08. The third-order valence-electron chi connectivity index (χ3n) is 1.90. The second-order valence-corrected chi connectivity index (χ2v) is 3.37. The lowest BCUT2D eigenvalue weighted by atomic mass is 10.0. The SMILES string of the molecule is C=C(Cl)CNCC(CC)CC. The predicted molar refractivity (Wildman–Crippen MR) is 51.9 cm³/mol. The van der Waals surface area contributed by atoms with Crippen molar-refractivity contribution in [1.29, 1.82) is 0 Å². The van der Waals surface area contributed by atoms with Crippen LogP contribution in [0, 0.1) is 5.92 Å². The first-order valence-corrected chi connectivity index (χ1v) is 4.62. The molecule has 0 heterocycles. The van der Waals surface area contributed by atoms with Crippen LogP contribution < -0.4 is 5.32 Å². The Morgan fingerprint density at radius 1 is 1.45 bits per heavy atom. The van der Waals surface area contributed by atoms with Crippen molar-refractivity contribution < 1.29 is 0 Å². The third kappa shape index (κ3) is 6.39. The van der Waals surface area contributed by atoms with Crippen molar-refractivity contribution in [3.8, 4) is 0 Å². The van der Waals surface area contributed by atoms with Gasteiger partial charge in [0.25, 0.3) is 0 Å². The van der Waals surface area contributed by atoms with Gasteiger partial charge in [0.2, 0.25) is 0 Å². The van der Waals surface area contributed by atoms with Crippen molar-refractivity contribution in [2.24, 2.45) is 5.92 Å². The Hall–Kier alpha value is -0.0100. The minimum atomic E-state index is 0.691. The van der Waals surface area contributed by atoms with Crippen LogP contribution in [0.1, 0.15) is 26.7 Å². The van der Waals surface area contributed by atoms with Crippen LogP contribution >= 0.6 is 11.6 Å². The third-order valence-corrected chi connectivity index (χ3v) is 2.04. The van der Waals surface area contributed by atoms with Gasteiger partial charge in [-0.3, -0.25) is 0 Å². The maximum absolute atomic E-state index is 5.59. The van der Waals surface area contributed by atoms with Crippen LogP contribution in [-0.4, -0.2) is 13.1 Å². The Bertz CT molecular complexity index is 108. The van der Waals surface area contributed by atoms with E-state index < -0.39 is 0 Å². The molecule has 1 nitrogen and oxygen atoms in total. The standard InChI is InChI=1S/C9H18ClN/c1-4-9(5-2)7-11-6-8(3)10/h9,11H,3-7H2,1-2H3. The predicted octanol–water partition coefficient (Wildman–Crippen LogP) is 2.76. The van der Waals surface area contributed by atoms with Crippen molar-refractivity contribution in [3.63, 3.8) is 0 Å². The number of halogens is 1. The van der Waals surface area contributed by atoms with E-state index in [1.165, 1.54) is 12.8 Å². The molecule has 0 radical (unpaired) electrons. The maximum atomic E-state index is 5.59. The summed E-state index contributed by atoms with van der Waals surface area (Å²) >= 11 is 5.59. The number of rotatable bonds is 6. The van der Waals surface area contributed by atoms with E-state index in [0.29, 0.717) is 5.03 Å². The van der Waals surface area contributed by atoms with Gasteiger partial charge in [-0.15, -0.1) is 0 Å². The van der Waals surface area contributed by atoms with Crippen LogP contribution in [0.15, 0.2) is 11.6 Å². The highest BCUT2D eigenvalue weighted by Crippen LogP contribution is 2.05. The Kier molecular flexibility index (Phi) is 6.68. The second-order valence-electron chi connectivity index (χ2n) is 2.83. The minimum absolute atomic E-state index is 0.691. The molecular formula is C9H18ClN. The summed E-state index contributed by atoms with van der Waals surface area (Å²) in [5, 5.41) is 3.95. The van der Waals surface area contributed by atoms with Crippen molar-refractivity contribution in [1.82, 2.24) is 5.32 Å². The zero-order chi connectivity index (χ0) is 8.69. The van der Waals surface area contributed by atoms with E-state index in [1.54, 1.807) is 0 Å². The van der Waals surface area contributed by atoms with Crippen molar-refractivity contribution >= 4 is 11.6 Å². The molecule has 0 bridgehead atoms. The second kappa shape index (κ2) is 6.68. The highest BCUT2D eigenvalue weighted by Gasteiger charge is 2.01. The maximum Gasteiger partial charge on any atom is 0.0307 e. The fourth-order valence-electron chi connectivity index (χ4n) is 0.989. The van der Waals surface area contributed by atoms with Crippen LogP contribution in [0.3, 0.4) is 0 Å². The van der Waals surface area contributed by atoms with Gasteiger partial charge >= 0.3 is 0 Å². The average molecular weight is 176 g/mol. The van der Waals surface area contributed by atoms with Gasteiger partial charge < -0.3 is 5.32 Å². The van der Waals surface area contributed by atoms with E-state index in [-0.39, 0.29) is 0 Å². The van der Waals surface area contributed by atoms with Crippen LogP contribution in [-0.2, 0) is 0 Å². The van der Waals surface area contributed by atoms with Crippen LogP contribution in [0.4, 0.5) is 0 Å². The number of hydrogen-bond acceptors (Lipinski definition) is 1. The van der Waals surface area contributed by atoms with Crippen molar-refractivity contribution in [2.75, 3.05) is 13.1 Å². The van der Waals surface area contributed by atoms with Crippen LogP contribution in [0.25, 0.3) is 0 Å². The fraction of sp³-hybridized carbons (Fsp3) is 0.778. The molecule has 0 amide bonds. The van der Waals surface area contributed by atoms with Gasteiger partial charge in [0.05, 0.1) is 0 Å². The summed E-state index contributed by atoms with van der Waals surface area (Å²) in [4.78, 5) is 0. The topological polar surface area (TPSA) is 12.0 Å². The molecule has 0 aromatic heterocycles. The summed E-state index contributed by atoms with van der Waals surface area (Å²) in [6.45, 7) is 9.82. The summed E-state index contributed by atoms with van der Waals surface area (Å²) in [5.41, 5.74) is 0. The van der Waals surface area contributed by atoms with E-state index in [2.05, 4.69) is 25.7 Å². The first-order chi connectivity index (χ1) is 5.20. The van der Waals surface area contributed by atoms with Gasteiger partial charge in [0.1, 0.15) is 0 Å². The lowest BCUT2D eigenvalue weighted by molar-refractivity contribution is 0.460.